The zero-order chi connectivity index (χ0) is 15.2. The molecule has 0 saturated carbocycles. The predicted molar refractivity (Wildman–Crippen MR) is 79.5 cm³/mol. The number of rotatable bonds is 6. The second-order valence-corrected chi connectivity index (χ2v) is 4.69. The molecule has 0 spiro atoms. The second-order valence-electron chi connectivity index (χ2n) is 4.69. The fraction of sp³-hybridized carbons (Fsp3) is 0.200. The molecule has 0 fully saturated rings. The highest BCUT2D eigenvalue weighted by Gasteiger charge is 2.10. The Morgan fingerprint density at radius 3 is 2.62 bits per heavy atom. The van der Waals surface area contributed by atoms with Crippen molar-refractivity contribution in [1.29, 1.82) is 0 Å². The van der Waals surface area contributed by atoms with E-state index in [2.05, 4.69) is 5.32 Å². The fourth-order valence-electron chi connectivity index (χ4n) is 2.02. The molecule has 0 heterocycles. The summed E-state index contributed by atoms with van der Waals surface area (Å²) < 4.78 is 13.3. The van der Waals surface area contributed by atoms with Crippen molar-refractivity contribution in [2.45, 2.75) is 12.5 Å². The summed E-state index contributed by atoms with van der Waals surface area (Å²) in [6, 6.07) is 12.9. The first kappa shape index (κ1) is 14.9. The van der Waals surface area contributed by atoms with Crippen LogP contribution in [-0.4, -0.2) is 11.5 Å². The second kappa shape index (κ2) is 6.81. The number of halogens is 1. The van der Waals surface area contributed by atoms with Crippen molar-refractivity contribution in [3.05, 3.63) is 70.0 Å². The van der Waals surface area contributed by atoms with E-state index in [-0.39, 0.29) is 11.7 Å². The summed E-state index contributed by atoms with van der Waals surface area (Å²) in [5.74, 6) is -0.640. The third kappa shape index (κ3) is 4.25. The van der Waals surface area contributed by atoms with Crippen LogP contribution in [0.25, 0.3) is 0 Å². The minimum Gasteiger partial charge on any atom is -0.385 e. The molecule has 0 bridgehead atoms. The molecule has 5 nitrogen and oxygen atoms in total. The molecule has 110 valence electrons. The van der Waals surface area contributed by atoms with Crippen molar-refractivity contribution in [2.24, 2.45) is 5.73 Å². The summed E-state index contributed by atoms with van der Waals surface area (Å²) >= 11 is 0. The molecule has 21 heavy (non-hydrogen) atoms. The van der Waals surface area contributed by atoms with E-state index < -0.39 is 10.7 Å². The van der Waals surface area contributed by atoms with Crippen LogP contribution < -0.4 is 11.1 Å². The van der Waals surface area contributed by atoms with Crippen LogP contribution in [0.15, 0.2) is 48.5 Å². The first-order chi connectivity index (χ1) is 10.1. The van der Waals surface area contributed by atoms with Crippen LogP contribution in [0.4, 0.5) is 15.8 Å². The third-order valence-electron chi connectivity index (χ3n) is 3.11. The molecule has 6 heteroatoms. The van der Waals surface area contributed by atoms with Gasteiger partial charge < -0.3 is 11.1 Å². The minimum absolute atomic E-state index is 0.137. The van der Waals surface area contributed by atoms with Gasteiger partial charge in [0.1, 0.15) is 5.82 Å². The van der Waals surface area contributed by atoms with E-state index in [0.717, 1.165) is 11.6 Å². The maximum absolute atomic E-state index is 13.3. The molecule has 0 amide bonds. The molecule has 1 unspecified atom stereocenters. The van der Waals surface area contributed by atoms with Crippen LogP contribution in [0, 0.1) is 15.9 Å². The van der Waals surface area contributed by atoms with E-state index in [4.69, 9.17) is 5.73 Å². The number of hydrogen-bond acceptors (Lipinski definition) is 4. The fourth-order valence-corrected chi connectivity index (χ4v) is 2.02. The summed E-state index contributed by atoms with van der Waals surface area (Å²) in [6.07, 6.45) is 0.633. The average Bonchev–Trinajstić information content (AvgIpc) is 2.47. The Balaban J connectivity index is 1.93. The van der Waals surface area contributed by atoms with Gasteiger partial charge in [-0.3, -0.25) is 10.1 Å². The van der Waals surface area contributed by atoms with Crippen molar-refractivity contribution < 1.29 is 9.31 Å². The van der Waals surface area contributed by atoms with Crippen molar-refractivity contribution >= 4 is 11.4 Å². The van der Waals surface area contributed by atoms with Crippen molar-refractivity contribution in [2.75, 3.05) is 11.9 Å². The number of nitro groups is 1. The average molecular weight is 289 g/mol. The van der Waals surface area contributed by atoms with Crippen molar-refractivity contribution in [3.63, 3.8) is 0 Å². The molecule has 0 saturated heterocycles. The molecule has 0 aliphatic heterocycles. The van der Waals surface area contributed by atoms with Gasteiger partial charge in [-0.05, 0) is 18.1 Å². The molecule has 1 atom stereocenters. The molecule has 0 aromatic heterocycles. The Morgan fingerprint density at radius 1 is 1.24 bits per heavy atom. The zero-order valence-electron chi connectivity index (χ0n) is 11.3. The van der Waals surface area contributed by atoms with Crippen LogP contribution in [0.1, 0.15) is 18.0 Å². The van der Waals surface area contributed by atoms with Gasteiger partial charge in [0.25, 0.3) is 5.69 Å². The van der Waals surface area contributed by atoms with Gasteiger partial charge in [-0.15, -0.1) is 0 Å². The van der Waals surface area contributed by atoms with Gasteiger partial charge in [-0.1, -0.05) is 30.3 Å². The SMILES string of the molecule is NC(CCNc1cc(F)cc([N+](=O)[O-])c1)c1ccccc1. The Morgan fingerprint density at radius 2 is 1.95 bits per heavy atom. The zero-order valence-corrected chi connectivity index (χ0v) is 11.3. The number of nitrogens with two attached hydrogens (primary N) is 1. The lowest BCUT2D eigenvalue weighted by molar-refractivity contribution is -0.385. The Hall–Kier alpha value is -2.47. The Labute approximate surface area is 121 Å². The standard InChI is InChI=1S/C15H16FN3O2/c16-12-8-13(10-14(9-12)19(20)21)18-7-6-15(17)11-4-2-1-3-5-11/h1-5,8-10,15,18H,6-7,17H2. The number of nitrogens with one attached hydrogen (secondary N) is 1. The highest BCUT2D eigenvalue weighted by Crippen LogP contribution is 2.20. The summed E-state index contributed by atoms with van der Waals surface area (Å²) in [5.41, 5.74) is 7.17. The number of anilines is 1. The van der Waals surface area contributed by atoms with Crippen molar-refractivity contribution in [3.8, 4) is 0 Å². The van der Waals surface area contributed by atoms with Crippen LogP contribution >= 0.6 is 0 Å². The Kier molecular flexibility index (Phi) is 4.84. The van der Waals surface area contributed by atoms with E-state index in [1.807, 2.05) is 30.3 Å². The van der Waals surface area contributed by atoms with Gasteiger partial charge in [0, 0.05) is 24.3 Å². The van der Waals surface area contributed by atoms with Crippen LogP contribution in [0.5, 0.6) is 0 Å². The number of nitrogens with zero attached hydrogens (tertiary/aromatic N) is 1. The first-order valence-electron chi connectivity index (χ1n) is 6.55. The lowest BCUT2D eigenvalue weighted by Gasteiger charge is -2.13. The molecule has 2 aromatic carbocycles. The summed E-state index contributed by atoms with van der Waals surface area (Å²) in [7, 11) is 0. The number of benzene rings is 2. The van der Waals surface area contributed by atoms with Crippen LogP contribution in [0.2, 0.25) is 0 Å². The van der Waals surface area contributed by atoms with Gasteiger partial charge in [0.05, 0.1) is 11.0 Å². The quantitative estimate of drug-likeness (QED) is 0.632. The molecule has 0 aliphatic rings. The van der Waals surface area contributed by atoms with Gasteiger partial charge in [-0.2, -0.15) is 0 Å². The van der Waals surface area contributed by atoms with E-state index in [1.165, 1.54) is 12.1 Å². The largest absolute Gasteiger partial charge is 0.385 e. The molecule has 3 N–H and O–H groups in total. The van der Waals surface area contributed by atoms with Gasteiger partial charge >= 0.3 is 0 Å². The highest BCUT2D eigenvalue weighted by atomic mass is 19.1. The van der Waals surface area contributed by atoms with E-state index in [0.29, 0.717) is 18.7 Å². The predicted octanol–water partition coefficient (Wildman–Crippen LogP) is 3.24. The smallest absolute Gasteiger partial charge is 0.274 e. The van der Waals surface area contributed by atoms with Crippen LogP contribution in [-0.2, 0) is 0 Å². The van der Waals surface area contributed by atoms with Crippen LogP contribution in [0.3, 0.4) is 0 Å². The van der Waals surface area contributed by atoms with Gasteiger partial charge in [-0.25, -0.2) is 4.39 Å². The van der Waals surface area contributed by atoms with E-state index >= 15 is 0 Å². The lowest BCUT2D eigenvalue weighted by atomic mass is 10.1. The monoisotopic (exact) mass is 289 g/mol. The maximum atomic E-state index is 13.3. The topological polar surface area (TPSA) is 81.2 Å². The van der Waals surface area contributed by atoms with Gasteiger partial charge in [0.15, 0.2) is 0 Å². The summed E-state index contributed by atoms with van der Waals surface area (Å²) in [6.45, 7) is 0.497. The van der Waals surface area contributed by atoms with E-state index in [9.17, 15) is 14.5 Å². The summed E-state index contributed by atoms with van der Waals surface area (Å²) in [5, 5.41) is 13.6. The molecular weight excluding hydrogens is 273 g/mol. The first-order valence-corrected chi connectivity index (χ1v) is 6.55. The normalized spacial score (nSPS) is 11.9. The number of hydrogen-bond donors (Lipinski definition) is 2. The highest BCUT2D eigenvalue weighted by molar-refractivity contribution is 5.51. The van der Waals surface area contributed by atoms with E-state index in [1.54, 1.807) is 0 Å². The molecule has 2 rings (SSSR count). The molecule has 0 aliphatic carbocycles. The maximum Gasteiger partial charge on any atom is 0.274 e. The third-order valence-corrected chi connectivity index (χ3v) is 3.11. The molecule has 2 aromatic rings. The van der Waals surface area contributed by atoms with Crippen molar-refractivity contribution in [1.82, 2.24) is 0 Å². The van der Waals surface area contributed by atoms with Gasteiger partial charge in [0.2, 0.25) is 0 Å². The molecular formula is C15H16FN3O2. The lowest BCUT2D eigenvalue weighted by Crippen LogP contribution is -2.15. The molecule has 0 radical (unpaired) electrons. The Bertz CT molecular complexity index is 620. The number of non-ortho nitro benzene ring substituents is 1. The number of nitro benzene ring substituents is 1. The minimum atomic E-state index is -0.640. The summed E-state index contributed by atoms with van der Waals surface area (Å²) in [4.78, 5) is 10.0.